The zero-order valence-electron chi connectivity index (χ0n) is 8.20. The van der Waals surface area contributed by atoms with E-state index in [4.69, 9.17) is 5.73 Å². The lowest BCUT2D eigenvalue weighted by atomic mass is 10.4. The van der Waals surface area contributed by atoms with E-state index in [0.29, 0.717) is 0 Å². The van der Waals surface area contributed by atoms with Gasteiger partial charge in [-0.05, 0) is 12.8 Å². The number of imidazole rings is 1. The number of carbonyl (C=O) groups excluding carboxylic acids is 1. The first-order valence-corrected chi connectivity index (χ1v) is 4.81. The van der Waals surface area contributed by atoms with Gasteiger partial charge < -0.3 is 5.73 Å². The minimum atomic E-state index is -0.722. The Bertz CT molecular complexity index is 638. The summed E-state index contributed by atoms with van der Waals surface area (Å²) in [4.78, 5) is 26.6. The van der Waals surface area contributed by atoms with Crippen molar-refractivity contribution in [3.8, 4) is 0 Å². The maximum absolute atomic E-state index is 11.9. The van der Waals surface area contributed by atoms with Crippen LogP contribution in [-0.4, -0.2) is 30.3 Å². The largest absolute Gasteiger partial charge is 0.364 e. The van der Waals surface area contributed by atoms with Gasteiger partial charge in [0.25, 0.3) is 5.91 Å². The summed E-state index contributed by atoms with van der Waals surface area (Å²) in [7, 11) is 0. The number of fused-ring (bicyclic) bond motifs is 1. The fourth-order valence-corrected chi connectivity index (χ4v) is 1.54. The van der Waals surface area contributed by atoms with Gasteiger partial charge in [-0.15, -0.1) is 5.10 Å². The van der Waals surface area contributed by atoms with Crippen LogP contribution in [0.5, 0.6) is 0 Å². The molecule has 0 unspecified atom stereocenters. The predicted molar refractivity (Wildman–Crippen MR) is 51.8 cm³/mol. The van der Waals surface area contributed by atoms with E-state index in [2.05, 4.69) is 15.3 Å². The van der Waals surface area contributed by atoms with Crippen molar-refractivity contribution in [1.29, 1.82) is 0 Å². The van der Waals surface area contributed by atoms with Gasteiger partial charge in [0.05, 0.1) is 6.04 Å². The quantitative estimate of drug-likeness (QED) is 0.678. The summed E-state index contributed by atoms with van der Waals surface area (Å²) in [6.45, 7) is 0. The van der Waals surface area contributed by atoms with Crippen molar-refractivity contribution in [2.45, 2.75) is 18.9 Å². The molecule has 16 heavy (non-hydrogen) atoms. The highest BCUT2D eigenvalue weighted by Gasteiger charge is 2.27. The third-order valence-corrected chi connectivity index (χ3v) is 2.51. The van der Waals surface area contributed by atoms with Crippen LogP contribution in [0.3, 0.4) is 0 Å². The summed E-state index contributed by atoms with van der Waals surface area (Å²) in [5.41, 5.74) is 4.82. The smallest absolute Gasteiger partial charge is 0.353 e. The van der Waals surface area contributed by atoms with Gasteiger partial charge in [-0.25, -0.2) is 14.2 Å². The molecule has 2 aromatic rings. The second kappa shape index (κ2) is 2.87. The number of amides is 1. The van der Waals surface area contributed by atoms with Crippen molar-refractivity contribution in [2.75, 3.05) is 0 Å². The van der Waals surface area contributed by atoms with Crippen LogP contribution in [0, 0.1) is 0 Å². The van der Waals surface area contributed by atoms with Gasteiger partial charge in [-0.1, -0.05) is 5.21 Å². The molecular formula is C8H8N6O2. The van der Waals surface area contributed by atoms with Crippen molar-refractivity contribution >= 4 is 11.6 Å². The van der Waals surface area contributed by atoms with Gasteiger partial charge in [-0.2, -0.15) is 4.68 Å². The first kappa shape index (κ1) is 9.01. The van der Waals surface area contributed by atoms with Gasteiger partial charge in [0, 0.05) is 0 Å². The highest BCUT2D eigenvalue weighted by molar-refractivity contribution is 5.96. The van der Waals surface area contributed by atoms with Crippen molar-refractivity contribution < 1.29 is 4.79 Å². The summed E-state index contributed by atoms with van der Waals surface area (Å²) in [6, 6.07) is 0.129. The third-order valence-electron chi connectivity index (χ3n) is 2.51. The van der Waals surface area contributed by atoms with Crippen molar-refractivity contribution in [1.82, 2.24) is 24.4 Å². The fraction of sp³-hybridized carbons (Fsp3) is 0.375. The Balaban J connectivity index is 2.30. The molecule has 0 aliphatic heterocycles. The Labute approximate surface area is 88.7 Å². The summed E-state index contributed by atoms with van der Waals surface area (Å²) < 4.78 is 2.49. The number of hydrogen-bond acceptors (Lipinski definition) is 5. The summed E-state index contributed by atoms with van der Waals surface area (Å²) >= 11 is 0. The van der Waals surface area contributed by atoms with E-state index in [0.717, 1.165) is 12.8 Å². The molecule has 2 aromatic heterocycles. The highest BCUT2D eigenvalue weighted by atomic mass is 16.2. The lowest BCUT2D eigenvalue weighted by Crippen LogP contribution is -2.29. The van der Waals surface area contributed by atoms with E-state index >= 15 is 0 Å². The van der Waals surface area contributed by atoms with E-state index in [1.54, 1.807) is 0 Å². The molecule has 1 saturated carbocycles. The molecule has 1 fully saturated rings. The molecule has 1 aliphatic carbocycles. The number of nitrogens with zero attached hydrogens (tertiary/aromatic N) is 5. The molecular weight excluding hydrogens is 212 g/mol. The lowest BCUT2D eigenvalue weighted by Gasteiger charge is -2.00. The zero-order chi connectivity index (χ0) is 11.3. The monoisotopic (exact) mass is 220 g/mol. The lowest BCUT2D eigenvalue weighted by molar-refractivity contribution is 0.0997. The van der Waals surface area contributed by atoms with Crippen LogP contribution >= 0.6 is 0 Å². The molecule has 82 valence electrons. The van der Waals surface area contributed by atoms with Crippen LogP contribution in [0.2, 0.25) is 0 Å². The van der Waals surface area contributed by atoms with E-state index in [-0.39, 0.29) is 23.1 Å². The maximum atomic E-state index is 11.9. The van der Waals surface area contributed by atoms with Gasteiger partial charge in [0.2, 0.25) is 0 Å². The number of primary amides is 1. The average Bonchev–Trinajstić information content (AvgIpc) is 2.97. The van der Waals surface area contributed by atoms with Crippen LogP contribution in [0.15, 0.2) is 11.1 Å². The van der Waals surface area contributed by atoms with Crippen LogP contribution in [0.4, 0.5) is 0 Å². The Kier molecular flexibility index (Phi) is 1.62. The minimum Gasteiger partial charge on any atom is -0.364 e. The van der Waals surface area contributed by atoms with E-state index in [9.17, 15) is 9.59 Å². The number of carbonyl (C=O) groups is 1. The Morgan fingerprint density at radius 1 is 1.50 bits per heavy atom. The molecule has 1 amide bonds. The standard InChI is InChI=1S/C8H8N6O2/c9-6(15)5-7-11-12-14(4-1-2-4)8(16)13(7)3-10-5/h3-4H,1-2H2,(H2,9,15). The van der Waals surface area contributed by atoms with Crippen molar-refractivity contribution in [3.63, 3.8) is 0 Å². The Hall–Kier alpha value is -2.25. The highest BCUT2D eigenvalue weighted by Crippen LogP contribution is 2.32. The molecule has 0 atom stereocenters. The summed E-state index contributed by atoms with van der Waals surface area (Å²) in [5, 5.41) is 7.57. The molecule has 0 saturated heterocycles. The molecule has 1 aliphatic rings. The molecule has 0 radical (unpaired) electrons. The van der Waals surface area contributed by atoms with Gasteiger partial charge in [-0.3, -0.25) is 4.79 Å². The molecule has 8 nitrogen and oxygen atoms in total. The van der Waals surface area contributed by atoms with Crippen molar-refractivity contribution in [2.24, 2.45) is 5.73 Å². The predicted octanol–water partition coefficient (Wildman–Crippen LogP) is -1.28. The van der Waals surface area contributed by atoms with Crippen LogP contribution in [0.25, 0.3) is 5.65 Å². The first-order chi connectivity index (χ1) is 7.68. The SMILES string of the molecule is NC(=O)c1ncn2c(=O)n(C3CC3)nnc12. The number of nitrogens with two attached hydrogens (primary N) is 1. The number of hydrogen-bond donors (Lipinski definition) is 1. The fourth-order valence-electron chi connectivity index (χ4n) is 1.54. The molecule has 2 N–H and O–H groups in total. The Morgan fingerprint density at radius 2 is 2.25 bits per heavy atom. The van der Waals surface area contributed by atoms with E-state index < -0.39 is 5.91 Å². The Morgan fingerprint density at radius 3 is 2.88 bits per heavy atom. The van der Waals surface area contributed by atoms with Crippen LogP contribution in [0.1, 0.15) is 29.4 Å². The van der Waals surface area contributed by atoms with Crippen molar-refractivity contribution in [3.05, 3.63) is 22.5 Å². The van der Waals surface area contributed by atoms with Gasteiger partial charge in [0.15, 0.2) is 11.3 Å². The number of rotatable bonds is 2. The molecule has 0 bridgehead atoms. The molecule has 0 spiro atoms. The summed E-state index contributed by atoms with van der Waals surface area (Å²) in [5.74, 6) is -0.722. The first-order valence-electron chi connectivity index (χ1n) is 4.81. The minimum absolute atomic E-state index is 0.0347. The van der Waals surface area contributed by atoms with Gasteiger partial charge >= 0.3 is 5.69 Å². The second-order valence-electron chi connectivity index (χ2n) is 3.70. The normalized spacial score (nSPS) is 15.5. The summed E-state index contributed by atoms with van der Waals surface area (Å²) in [6.07, 6.45) is 3.10. The van der Waals surface area contributed by atoms with E-state index in [1.165, 1.54) is 15.4 Å². The van der Waals surface area contributed by atoms with E-state index in [1.807, 2.05) is 0 Å². The second-order valence-corrected chi connectivity index (χ2v) is 3.70. The average molecular weight is 220 g/mol. The zero-order valence-corrected chi connectivity index (χ0v) is 8.20. The van der Waals surface area contributed by atoms with Crippen LogP contribution in [-0.2, 0) is 0 Å². The molecule has 3 rings (SSSR count). The van der Waals surface area contributed by atoms with Crippen LogP contribution < -0.4 is 11.4 Å². The molecule has 0 aromatic carbocycles. The topological polar surface area (TPSA) is 108 Å². The maximum Gasteiger partial charge on any atom is 0.353 e. The van der Waals surface area contributed by atoms with Gasteiger partial charge in [0.1, 0.15) is 6.33 Å². The molecule has 8 heteroatoms. The molecule has 2 heterocycles. The number of aromatic nitrogens is 5. The third kappa shape index (κ3) is 1.12.